The second-order valence-electron chi connectivity index (χ2n) is 6.40. The molecule has 3 atom stereocenters. The lowest BCUT2D eigenvalue weighted by Crippen LogP contribution is -2.51. The SMILES string of the molecule is CC(Oc1ccccc1Br)C(=O)N(C)C1CC2CCC(C1)N2.Cl. The summed E-state index contributed by atoms with van der Waals surface area (Å²) in [5.74, 6) is 0.768. The zero-order valence-electron chi connectivity index (χ0n) is 13.5. The summed E-state index contributed by atoms with van der Waals surface area (Å²) in [5, 5.41) is 3.62. The van der Waals surface area contributed by atoms with Gasteiger partial charge in [-0.1, -0.05) is 12.1 Å². The average Bonchev–Trinajstić information content (AvgIpc) is 2.86. The van der Waals surface area contributed by atoms with Crippen molar-refractivity contribution in [3.05, 3.63) is 28.7 Å². The third-order valence-electron chi connectivity index (χ3n) is 4.83. The van der Waals surface area contributed by atoms with Crippen molar-refractivity contribution in [2.24, 2.45) is 0 Å². The van der Waals surface area contributed by atoms with Gasteiger partial charge in [0, 0.05) is 25.2 Å². The molecular formula is C17H24BrClN2O2. The number of hydrogen-bond donors (Lipinski definition) is 1. The summed E-state index contributed by atoms with van der Waals surface area (Å²) in [7, 11) is 1.91. The van der Waals surface area contributed by atoms with Crippen LogP contribution in [-0.2, 0) is 4.79 Å². The topological polar surface area (TPSA) is 41.6 Å². The first-order valence-electron chi connectivity index (χ1n) is 7.98. The molecule has 6 heteroatoms. The molecule has 2 aliphatic rings. The van der Waals surface area contributed by atoms with E-state index < -0.39 is 6.10 Å². The number of likely N-dealkylation sites (N-methyl/N-ethyl adjacent to an activating group) is 1. The Kier molecular flexibility index (Phi) is 6.34. The van der Waals surface area contributed by atoms with E-state index in [0.717, 1.165) is 17.3 Å². The Labute approximate surface area is 152 Å². The summed E-state index contributed by atoms with van der Waals surface area (Å²) in [6, 6.07) is 9.12. The number of carbonyl (C=O) groups excluding carboxylic acids is 1. The van der Waals surface area contributed by atoms with E-state index in [-0.39, 0.29) is 18.3 Å². The predicted molar refractivity (Wildman–Crippen MR) is 97.2 cm³/mol. The standard InChI is InChI=1S/C17H23BrN2O2.ClH/c1-11(22-16-6-4-3-5-15(16)18)17(21)20(2)14-9-12-7-8-13(10-14)19-12;/h3-6,11-14,19H,7-10H2,1-2H3;1H. The van der Waals surface area contributed by atoms with Crippen molar-refractivity contribution in [1.82, 2.24) is 10.2 Å². The Hall–Kier alpha value is -0.780. The van der Waals surface area contributed by atoms with E-state index in [0.29, 0.717) is 23.9 Å². The monoisotopic (exact) mass is 402 g/mol. The van der Waals surface area contributed by atoms with E-state index in [1.165, 1.54) is 12.8 Å². The molecule has 2 bridgehead atoms. The molecule has 0 radical (unpaired) electrons. The van der Waals surface area contributed by atoms with Gasteiger partial charge in [0.25, 0.3) is 5.91 Å². The molecule has 23 heavy (non-hydrogen) atoms. The van der Waals surface area contributed by atoms with E-state index in [1.54, 1.807) is 0 Å². The van der Waals surface area contributed by atoms with E-state index in [9.17, 15) is 4.79 Å². The molecule has 2 fully saturated rings. The molecule has 128 valence electrons. The lowest BCUT2D eigenvalue weighted by Gasteiger charge is -2.36. The van der Waals surface area contributed by atoms with Crippen LogP contribution in [0.1, 0.15) is 32.6 Å². The van der Waals surface area contributed by atoms with Crippen LogP contribution in [0.15, 0.2) is 28.7 Å². The summed E-state index contributed by atoms with van der Waals surface area (Å²) >= 11 is 3.45. The number of hydrogen-bond acceptors (Lipinski definition) is 3. The number of carbonyl (C=O) groups is 1. The summed E-state index contributed by atoms with van der Waals surface area (Å²) < 4.78 is 6.71. The lowest BCUT2D eigenvalue weighted by molar-refractivity contribution is -0.139. The van der Waals surface area contributed by atoms with Crippen molar-refractivity contribution in [3.63, 3.8) is 0 Å². The van der Waals surface area contributed by atoms with Crippen molar-refractivity contribution >= 4 is 34.2 Å². The van der Waals surface area contributed by atoms with Crippen LogP contribution in [0.4, 0.5) is 0 Å². The predicted octanol–water partition coefficient (Wildman–Crippen LogP) is 3.38. The first-order valence-corrected chi connectivity index (χ1v) is 8.78. The van der Waals surface area contributed by atoms with Crippen LogP contribution in [0.2, 0.25) is 0 Å². The second-order valence-corrected chi connectivity index (χ2v) is 7.26. The van der Waals surface area contributed by atoms with Crippen molar-refractivity contribution in [2.45, 2.75) is 56.8 Å². The van der Waals surface area contributed by atoms with Gasteiger partial charge in [-0.05, 0) is 60.7 Å². The highest BCUT2D eigenvalue weighted by Gasteiger charge is 2.37. The van der Waals surface area contributed by atoms with Gasteiger partial charge in [-0.3, -0.25) is 4.79 Å². The van der Waals surface area contributed by atoms with Crippen LogP contribution in [0, 0.1) is 0 Å². The summed E-state index contributed by atoms with van der Waals surface area (Å²) in [6.07, 6.45) is 4.12. The van der Waals surface area contributed by atoms with E-state index >= 15 is 0 Å². The highest BCUT2D eigenvalue weighted by Crippen LogP contribution is 2.30. The van der Waals surface area contributed by atoms with Crippen LogP contribution in [0.3, 0.4) is 0 Å². The first-order chi connectivity index (χ1) is 10.5. The van der Waals surface area contributed by atoms with Gasteiger partial charge in [0.2, 0.25) is 0 Å². The fourth-order valence-electron chi connectivity index (χ4n) is 3.59. The molecule has 2 saturated heterocycles. The fraction of sp³-hybridized carbons (Fsp3) is 0.588. The second kappa shape index (κ2) is 7.86. The number of piperidine rings is 1. The van der Waals surface area contributed by atoms with Gasteiger partial charge in [-0.15, -0.1) is 12.4 Å². The summed E-state index contributed by atoms with van der Waals surface area (Å²) in [5.41, 5.74) is 0. The molecule has 1 aromatic carbocycles. The van der Waals surface area contributed by atoms with Crippen LogP contribution < -0.4 is 10.1 Å². The van der Waals surface area contributed by atoms with Gasteiger partial charge >= 0.3 is 0 Å². The molecule has 0 saturated carbocycles. The maximum absolute atomic E-state index is 12.7. The minimum Gasteiger partial charge on any atom is -0.480 e. The minimum absolute atomic E-state index is 0. The molecule has 1 aromatic rings. The van der Waals surface area contributed by atoms with Crippen molar-refractivity contribution in [2.75, 3.05) is 7.05 Å². The van der Waals surface area contributed by atoms with Gasteiger partial charge < -0.3 is 15.0 Å². The Bertz CT molecular complexity index is 545. The van der Waals surface area contributed by atoms with Gasteiger partial charge in [0.05, 0.1) is 4.47 Å². The third-order valence-corrected chi connectivity index (χ3v) is 5.49. The number of halogens is 2. The summed E-state index contributed by atoms with van der Waals surface area (Å²) in [6.45, 7) is 1.83. The quantitative estimate of drug-likeness (QED) is 0.838. The number of fused-ring (bicyclic) bond motifs is 2. The zero-order valence-corrected chi connectivity index (χ0v) is 15.9. The fourth-order valence-corrected chi connectivity index (χ4v) is 3.97. The number of nitrogens with one attached hydrogen (secondary N) is 1. The smallest absolute Gasteiger partial charge is 0.263 e. The first kappa shape index (κ1) is 18.6. The third kappa shape index (κ3) is 4.20. The van der Waals surface area contributed by atoms with E-state index in [1.807, 2.05) is 43.1 Å². The van der Waals surface area contributed by atoms with Crippen LogP contribution in [0.25, 0.3) is 0 Å². The van der Waals surface area contributed by atoms with Crippen molar-refractivity contribution in [1.29, 1.82) is 0 Å². The number of ether oxygens (including phenoxy) is 1. The molecule has 0 aromatic heterocycles. The van der Waals surface area contributed by atoms with Crippen molar-refractivity contribution in [3.8, 4) is 5.75 Å². The highest BCUT2D eigenvalue weighted by atomic mass is 79.9. The van der Waals surface area contributed by atoms with Gasteiger partial charge in [-0.2, -0.15) is 0 Å². The minimum atomic E-state index is -0.476. The maximum Gasteiger partial charge on any atom is 0.263 e. The van der Waals surface area contributed by atoms with Gasteiger partial charge in [0.15, 0.2) is 6.10 Å². The van der Waals surface area contributed by atoms with Crippen LogP contribution in [-0.4, -0.2) is 42.1 Å². The Morgan fingerprint density at radius 2 is 1.91 bits per heavy atom. The molecule has 2 aliphatic heterocycles. The summed E-state index contributed by atoms with van der Waals surface area (Å²) in [4.78, 5) is 14.6. The van der Waals surface area contributed by atoms with Crippen molar-refractivity contribution < 1.29 is 9.53 Å². The zero-order chi connectivity index (χ0) is 15.7. The lowest BCUT2D eigenvalue weighted by atomic mass is 9.98. The van der Waals surface area contributed by atoms with E-state index in [2.05, 4.69) is 21.2 Å². The Morgan fingerprint density at radius 3 is 2.52 bits per heavy atom. The normalized spacial score (nSPS) is 27.0. The van der Waals surface area contributed by atoms with Gasteiger partial charge in [0.1, 0.15) is 5.75 Å². The number of benzene rings is 1. The number of nitrogens with zero attached hydrogens (tertiary/aromatic N) is 1. The number of para-hydroxylation sites is 1. The molecule has 1 N–H and O–H groups in total. The van der Waals surface area contributed by atoms with Crippen LogP contribution >= 0.6 is 28.3 Å². The molecule has 4 nitrogen and oxygen atoms in total. The molecule has 3 unspecified atom stereocenters. The number of rotatable bonds is 4. The van der Waals surface area contributed by atoms with Crippen LogP contribution in [0.5, 0.6) is 5.75 Å². The molecule has 0 aliphatic carbocycles. The van der Waals surface area contributed by atoms with Gasteiger partial charge in [-0.25, -0.2) is 0 Å². The largest absolute Gasteiger partial charge is 0.480 e. The molecule has 1 amide bonds. The average molecular weight is 404 g/mol. The Balaban J connectivity index is 0.00000192. The molecule has 0 spiro atoms. The van der Waals surface area contributed by atoms with E-state index in [4.69, 9.17) is 4.74 Å². The number of amides is 1. The molecular weight excluding hydrogens is 380 g/mol. The molecule has 2 heterocycles. The molecule has 3 rings (SSSR count). The maximum atomic E-state index is 12.7. The Morgan fingerprint density at radius 1 is 1.30 bits per heavy atom. The highest BCUT2D eigenvalue weighted by molar-refractivity contribution is 9.10.